The Labute approximate surface area is 200 Å². The van der Waals surface area contributed by atoms with Gasteiger partial charge in [0.15, 0.2) is 16.1 Å². The summed E-state index contributed by atoms with van der Waals surface area (Å²) in [5.41, 5.74) is 1.42. The van der Waals surface area contributed by atoms with E-state index in [0.29, 0.717) is 33.2 Å². The molecule has 3 rings (SSSR count). The molecule has 0 spiro atoms. The van der Waals surface area contributed by atoms with Crippen LogP contribution >= 0.6 is 34.7 Å². The number of amides is 2. The van der Waals surface area contributed by atoms with E-state index in [1.807, 2.05) is 39.2 Å². The van der Waals surface area contributed by atoms with Crippen molar-refractivity contribution < 1.29 is 9.59 Å². The van der Waals surface area contributed by atoms with Crippen molar-refractivity contribution in [2.75, 3.05) is 5.32 Å². The molecule has 0 bridgehead atoms. The number of hydrogen-bond acceptors (Lipinski definition) is 7. The average Bonchev–Trinajstić information content (AvgIpc) is 3.30. The fourth-order valence-electron chi connectivity index (χ4n) is 2.90. The van der Waals surface area contributed by atoms with Crippen LogP contribution in [0.4, 0.5) is 5.13 Å². The fourth-order valence-corrected chi connectivity index (χ4v) is 4.76. The number of thiazole rings is 1. The summed E-state index contributed by atoms with van der Waals surface area (Å²) in [4.78, 5) is 30.6. The summed E-state index contributed by atoms with van der Waals surface area (Å²) in [6.45, 7) is 10.1. The maximum Gasteiger partial charge on any atom is 0.251 e. The minimum atomic E-state index is -0.402. The van der Waals surface area contributed by atoms with Gasteiger partial charge in [-0.15, -0.1) is 21.5 Å². The lowest BCUT2D eigenvalue weighted by molar-refractivity contribution is -0.115. The molecule has 0 aliphatic rings. The smallest absolute Gasteiger partial charge is 0.251 e. The Hall–Kier alpha value is -2.43. The van der Waals surface area contributed by atoms with Crippen molar-refractivity contribution in [3.05, 3.63) is 51.2 Å². The first-order valence-electron chi connectivity index (χ1n) is 10.1. The Morgan fingerprint density at radius 2 is 1.88 bits per heavy atom. The largest absolute Gasteiger partial charge is 0.342 e. The number of benzene rings is 1. The van der Waals surface area contributed by atoms with E-state index in [-0.39, 0.29) is 17.9 Å². The molecular formula is C21H25ClN6O2S2. The second-order valence-corrected chi connectivity index (χ2v) is 10.1. The van der Waals surface area contributed by atoms with E-state index in [4.69, 9.17) is 11.6 Å². The molecule has 0 fully saturated rings. The lowest BCUT2D eigenvalue weighted by Gasteiger charge is -2.16. The van der Waals surface area contributed by atoms with Crippen LogP contribution in [-0.4, -0.2) is 36.8 Å². The molecule has 0 saturated carbocycles. The number of hydrogen-bond donors (Lipinski definition) is 2. The predicted molar refractivity (Wildman–Crippen MR) is 129 cm³/mol. The van der Waals surface area contributed by atoms with Gasteiger partial charge in [-0.1, -0.05) is 23.4 Å². The van der Waals surface area contributed by atoms with E-state index in [1.54, 1.807) is 24.3 Å². The van der Waals surface area contributed by atoms with Gasteiger partial charge in [0.2, 0.25) is 5.91 Å². The van der Waals surface area contributed by atoms with E-state index >= 15 is 0 Å². The Morgan fingerprint density at radius 3 is 2.47 bits per heavy atom. The summed E-state index contributed by atoms with van der Waals surface area (Å²) < 4.78 is 1.90. The summed E-state index contributed by atoms with van der Waals surface area (Å²) in [6, 6.07) is 6.31. The van der Waals surface area contributed by atoms with Gasteiger partial charge in [-0.05, 0) is 58.9 Å². The van der Waals surface area contributed by atoms with Gasteiger partial charge in [0.1, 0.15) is 0 Å². The Balaban J connectivity index is 1.67. The number of thioether (sulfide) groups is 1. The van der Waals surface area contributed by atoms with Gasteiger partial charge < -0.3 is 15.2 Å². The van der Waals surface area contributed by atoms with Gasteiger partial charge in [-0.3, -0.25) is 9.59 Å². The van der Waals surface area contributed by atoms with Crippen molar-refractivity contribution in [1.82, 2.24) is 25.1 Å². The van der Waals surface area contributed by atoms with Crippen LogP contribution in [0.1, 0.15) is 53.6 Å². The quantitative estimate of drug-likeness (QED) is 0.444. The second-order valence-electron chi connectivity index (χ2n) is 7.20. The number of nitrogens with one attached hydrogen (secondary N) is 2. The number of halogens is 1. The number of aromatic nitrogens is 4. The van der Waals surface area contributed by atoms with Crippen molar-refractivity contribution in [3.8, 4) is 0 Å². The molecule has 1 aromatic carbocycles. The topological polar surface area (TPSA) is 102 Å². The van der Waals surface area contributed by atoms with Crippen molar-refractivity contribution in [3.63, 3.8) is 0 Å². The maximum absolute atomic E-state index is 12.6. The predicted octanol–water partition coefficient (Wildman–Crippen LogP) is 4.64. The van der Waals surface area contributed by atoms with Gasteiger partial charge >= 0.3 is 0 Å². The first-order chi connectivity index (χ1) is 15.2. The van der Waals surface area contributed by atoms with E-state index in [1.165, 1.54) is 23.1 Å². The van der Waals surface area contributed by atoms with Crippen molar-refractivity contribution in [1.29, 1.82) is 0 Å². The lowest BCUT2D eigenvalue weighted by atomic mass is 10.2. The van der Waals surface area contributed by atoms with Gasteiger partial charge in [0.25, 0.3) is 5.91 Å². The van der Waals surface area contributed by atoms with Crippen molar-refractivity contribution in [2.45, 2.75) is 57.6 Å². The molecule has 11 heteroatoms. The Morgan fingerprint density at radius 1 is 1.19 bits per heavy atom. The van der Waals surface area contributed by atoms with Crippen LogP contribution < -0.4 is 10.6 Å². The third kappa shape index (κ3) is 5.67. The number of nitrogens with zero attached hydrogens (tertiary/aromatic N) is 4. The van der Waals surface area contributed by atoms with Crippen LogP contribution in [0, 0.1) is 13.8 Å². The highest BCUT2D eigenvalue weighted by molar-refractivity contribution is 8.00. The summed E-state index contributed by atoms with van der Waals surface area (Å²) in [5, 5.41) is 15.7. The fraction of sp³-hybridized carbons (Fsp3) is 0.381. The zero-order chi connectivity index (χ0) is 23.4. The molecule has 0 aliphatic heterocycles. The SMILES string of the molecule is CCn1c(S[C@H](C)C(=O)Nc2nc(C)c(C)s2)nnc1[C@@H](C)NC(=O)c1ccc(Cl)cc1. The molecular weight excluding hydrogens is 468 g/mol. The van der Waals surface area contributed by atoms with Crippen LogP contribution in [0.5, 0.6) is 0 Å². The van der Waals surface area contributed by atoms with Crippen LogP contribution in [0.15, 0.2) is 29.4 Å². The molecule has 2 amide bonds. The second kappa shape index (κ2) is 10.5. The highest BCUT2D eigenvalue weighted by Gasteiger charge is 2.23. The third-order valence-electron chi connectivity index (χ3n) is 4.81. The van der Waals surface area contributed by atoms with Crippen LogP contribution in [0.3, 0.4) is 0 Å². The number of carbonyl (C=O) groups is 2. The van der Waals surface area contributed by atoms with Crippen molar-refractivity contribution in [2.24, 2.45) is 0 Å². The van der Waals surface area contributed by atoms with Gasteiger partial charge in [-0.2, -0.15) is 0 Å². The normalized spacial score (nSPS) is 12.9. The molecule has 170 valence electrons. The molecule has 0 radical (unpaired) electrons. The van der Waals surface area contributed by atoms with E-state index in [2.05, 4.69) is 25.8 Å². The van der Waals surface area contributed by atoms with Gasteiger partial charge in [0.05, 0.1) is 17.0 Å². The minimum absolute atomic E-state index is 0.153. The van der Waals surface area contributed by atoms with Gasteiger partial charge in [-0.25, -0.2) is 4.98 Å². The van der Waals surface area contributed by atoms with E-state index in [0.717, 1.165) is 10.6 Å². The van der Waals surface area contributed by atoms with Crippen LogP contribution in [-0.2, 0) is 11.3 Å². The molecule has 2 N–H and O–H groups in total. The minimum Gasteiger partial charge on any atom is -0.342 e. The Bertz CT molecular complexity index is 1090. The summed E-state index contributed by atoms with van der Waals surface area (Å²) in [6.07, 6.45) is 0. The first-order valence-corrected chi connectivity index (χ1v) is 12.2. The lowest BCUT2D eigenvalue weighted by Crippen LogP contribution is -2.29. The molecule has 8 nitrogen and oxygen atoms in total. The number of rotatable bonds is 8. The van der Waals surface area contributed by atoms with E-state index < -0.39 is 5.25 Å². The average molecular weight is 493 g/mol. The zero-order valence-corrected chi connectivity index (χ0v) is 20.9. The number of carbonyl (C=O) groups excluding carboxylic acids is 2. The van der Waals surface area contributed by atoms with Crippen molar-refractivity contribution >= 4 is 51.6 Å². The van der Waals surface area contributed by atoms with Crippen LogP contribution in [0.2, 0.25) is 5.02 Å². The highest BCUT2D eigenvalue weighted by atomic mass is 35.5. The first kappa shape index (κ1) is 24.2. The summed E-state index contributed by atoms with van der Waals surface area (Å²) >= 11 is 8.66. The molecule has 2 aromatic heterocycles. The molecule has 3 aromatic rings. The van der Waals surface area contributed by atoms with Gasteiger partial charge in [0, 0.05) is 22.0 Å². The summed E-state index contributed by atoms with van der Waals surface area (Å²) in [5.74, 6) is 0.243. The summed E-state index contributed by atoms with van der Waals surface area (Å²) in [7, 11) is 0. The molecule has 2 atom stereocenters. The maximum atomic E-state index is 12.6. The molecule has 32 heavy (non-hydrogen) atoms. The molecule has 2 heterocycles. The molecule has 0 aliphatic carbocycles. The zero-order valence-electron chi connectivity index (χ0n) is 18.5. The van der Waals surface area contributed by atoms with E-state index in [9.17, 15) is 9.59 Å². The Kier molecular flexibility index (Phi) is 7.91. The monoisotopic (exact) mass is 492 g/mol. The molecule has 0 saturated heterocycles. The highest BCUT2D eigenvalue weighted by Crippen LogP contribution is 2.27. The third-order valence-corrected chi connectivity index (χ3v) is 7.13. The standard InChI is InChI=1S/C21H25ClN6O2S2/c1-6-28-17(12(3)23-19(30)15-7-9-16(22)10-8-15)26-27-21(28)32-14(5)18(29)25-20-24-11(2)13(4)31-20/h7-10,12,14H,6H2,1-5H3,(H,23,30)(H,24,25,29)/t12-,14-/m1/s1. The molecule has 0 unspecified atom stereocenters. The number of aryl methyl sites for hydroxylation is 2. The number of anilines is 1. The van der Waals surface area contributed by atoms with Crippen LogP contribution in [0.25, 0.3) is 0 Å².